The van der Waals surface area contributed by atoms with Gasteiger partial charge in [0.2, 0.25) is 0 Å². The van der Waals surface area contributed by atoms with Gasteiger partial charge in [0.05, 0.1) is 6.10 Å². The SMILES string of the molecule is CC(C)Oc1ccc(C(=O)N(C)[C@@H]2CCCNC2)cc1.Cl. The number of halogens is 1. The van der Waals surface area contributed by atoms with Crippen molar-refractivity contribution in [2.24, 2.45) is 0 Å². The van der Waals surface area contributed by atoms with Crippen molar-refractivity contribution in [3.63, 3.8) is 0 Å². The largest absolute Gasteiger partial charge is 0.491 e. The Morgan fingerprint density at radius 2 is 2.00 bits per heavy atom. The number of carbonyl (C=O) groups is 1. The Bertz CT molecular complexity index is 442. The number of ether oxygens (including phenoxy) is 1. The fraction of sp³-hybridized carbons (Fsp3) is 0.562. The minimum absolute atomic E-state index is 0. The van der Waals surface area contributed by atoms with E-state index in [-0.39, 0.29) is 24.4 Å². The summed E-state index contributed by atoms with van der Waals surface area (Å²) in [5, 5.41) is 3.34. The Labute approximate surface area is 133 Å². The molecule has 1 aliphatic rings. The molecule has 0 spiro atoms. The Hall–Kier alpha value is -1.26. The van der Waals surface area contributed by atoms with Gasteiger partial charge in [0.25, 0.3) is 5.91 Å². The zero-order chi connectivity index (χ0) is 14.5. The summed E-state index contributed by atoms with van der Waals surface area (Å²) < 4.78 is 5.59. The number of hydrogen-bond donors (Lipinski definition) is 1. The van der Waals surface area contributed by atoms with E-state index in [1.807, 2.05) is 50.1 Å². The number of piperidine rings is 1. The van der Waals surface area contributed by atoms with E-state index in [1.54, 1.807) is 0 Å². The fourth-order valence-corrected chi connectivity index (χ4v) is 2.48. The first-order valence-corrected chi connectivity index (χ1v) is 7.32. The molecule has 0 aromatic heterocycles. The van der Waals surface area contributed by atoms with Crippen LogP contribution < -0.4 is 10.1 Å². The average molecular weight is 313 g/mol. The van der Waals surface area contributed by atoms with Crippen molar-refractivity contribution in [2.75, 3.05) is 20.1 Å². The number of hydrogen-bond acceptors (Lipinski definition) is 3. The van der Waals surface area contributed by atoms with Gasteiger partial charge in [0.15, 0.2) is 0 Å². The lowest BCUT2D eigenvalue weighted by atomic mass is 10.1. The van der Waals surface area contributed by atoms with Crippen molar-refractivity contribution in [3.05, 3.63) is 29.8 Å². The second kappa shape index (κ2) is 8.25. The summed E-state index contributed by atoms with van der Waals surface area (Å²) in [6, 6.07) is 7.70. The van der Waals surface area contributed by atoms with Crippen LogP contribution in [0.25, 0.3) is 0 Å². The fourth-order valence-electron chi connectivity index (χ4n) is 2.48. The second-order valence-corrected chi connectivity index (χ2v) is 5.61. The van der Waals surface area contributed by atoms with Crippen LogP contribution in [0.15, 0.2) is 24.3 Å². The predicted octanol–water partition coefficient (Wildman–Crippen LogP) is 2.72. The predicted molar refractivity (Wildman–Crippen MR) is 87.4 cm³/mol. The van der Waals surface area contributed by atoms with Gasteiger partial charge >= 0.3 is 0 Å². The number of benzene rings is 1. The molecule has 0 aliphatic carbocycles. The van der Waals surface area contributed by atoms with E-state index >= 15 is 0 Å². The third-order valence-electron chi connectivity index (χ3n) is 3.61. The number of amides is 1. The second-order valence-electron chi connectivity index (χ2n) is 5.61. The number of nitrogens with one attached hydrogen (secondary N) is 1. The molecule has 1 fully saturated rings. The summed E-state index contributed by atoms with van der Waals surface area (Å²) in [6.07, 6.45) is 2.35. The van der Waals surface area contributed by atoms with E-state index in [0.717, 1.165) is 31.7 Å². The van der Waals surface area contributed by atoms with E-state index in [0.29, 0.717) is 11.6 Å². The van der Waals surface area contributed by atoms with Crippen molar-refractivity contribution in [2.45, 2.75) is 38.8 Å². The van der Waals surface area contributed by atoms with E-state index in [4.69, 9.17) is 4.74 Å². The van der Waals surface area contributed by atoms with Crippen LogP contribution in [0.2, 0.25) is 0 Å². The zero-order valence-corrected chi connectivity index (χ0v) is 13.8. The quantitative estimate of drug-likeness (QED) is 0.929. The molecular formula is C16H25ClN2O2. The summed E-state index contributed by atoms with van der Waals surface area (Å²) in [6.45, 7) is 5.92. The molecule has 0 unspecified atom stereocenters. The Morgan fingerprint density at radius 1 is 1.33 bits per heavy atom. The third kappa shape index (κ3) is 4.90. The maximum Gasteiger partial charge on any atom is 0.253 e. The third-order valence-corrected chi connectivity index (χ3v) is 3.61. The monoisotopic (exact) mass is 312 g/mol. The highest BCUT2D eigenvalue weighted by molar-refractivity contribution is 5.94. The highest BCUT2D eigenvalue weighted by Crippen LogP contribution is 2.17. The van der Waals surface area contributed by atoms with Crippen molar-refractivity contribution >= 4 is 18.3 Å². The molecule has 1 saturated heterocycles. The number of carbonyl (C=O) groups excluding carboxylic acids is 1. The number of likely N-dealkylation sites (N-methyl/N-ethyl adjacent to an activating group) is 1. The van der Waals surface area contributed by atoms with Crippen molar-refractivity contribution in [3.8, 4) is 5.75 Å². The van der Waals surface area contributed by atoms with Crippen LogP contribution in [-0.4, -0.2) is 43.1 Å². The molecule has 1 atom stereocenters. The van der Waals surface area contributed by atoms with Crippen molar-refractivity contribution in [1.82, 2.24) is 10.2 Å². The molecule has 1 amide bonds. The summed E-state index contributed by atoms with van der Waals surface area (Å²) in [5.74, 6) is 0.883. The first kappa shape index (κ1) is 17.8. The van der Waals surface area contributed by atoms with Gasteiger partial charge in [-0.25, -0.2) is 0 Å². The van der Waals surface area contributed by atoms with Gasteiger partial charge < -0.3 is 15.0 Å². The molecule has 0 bridgehead atoms. The minimum Gasteiger partial charge on any atom is -0.491 e. The van der Waals surface area contributed by atoms with Crippen LogP contribution in [0, 0.1) is 0 Å². The molecule has 1 aliphatic heterocycles. The molecule has 1 aromatic carbocycles. The van der Waals surface area contributed by atoms with Crippen molar-refractivity contribution < 1.29 is 9.53 Å². The molecule has 0 radical (unpaired) electrons. The molecule has 1 N–H and O–H groups in total. The molecular weight excluding hydrogens is 288 g/mol. The van der Waals surface area contributed by atoms with E-state index in [1.165, 1.54) is 0 Å². The molecule has 4 nitrogen and oxygen atoms in total. The van der Waals surface area contributed by atoms with Gasteiger partial charge in [-0.2, -0.15) is 0 Å². The normalized spacial score (nSPS) is 18.0. The van der Waals surface area contributed by atoms with Crippen LogP contribution in [0.3, 0.4) is 0 Å². The highest BCUT2D eigenvalue weighted by Gasteiger charge is 2.22. The zero-order valence-electron chi connectivity index (χ0n) is 13.0. The standard InChI is InChI=1S/C16H24N2O2.ClH/c1-12(2)20-15-8-6-13(7-9-15)16(19)18(3)14-5-4-10-17-11-14;/h6-9,12,14,17H,4-5,10-11H2,1-3H3;1H/t14-;/m1./s1. The Balaban J connectivity index is 0.00000220. The molecule has 0 saturated carbocycles. The topological polar surface area (TPSA) is 41.6 Å². The molecule has 21 heavy (non-hydrogen) atoms. The molecule has 5 heteroatoms. The molecule has 1 heterocycles. The van der Waals surface area contributed by atoms with Crippen LogP contribution in [-0.2, 0) is 0 Å². The maximum absolute atomic E-state index is 12.4. The highest BCUT2D eigenvalue weighted by atomic mass is 35.5. The molecule has 118 valence electrons. The van der Waals surface area contributed by atoms with Gasteiger partial charge in [0.1, 0.15) is 5.75 Å². The van der Waals surface area contributed by atoms with E-state index in [2.05, 4.69) is 5.32 Å². The van der Waals surface area contributed by atoms with Crippen LogP contribution in [0.5, 0.6) is 5.75 Å². The Kier molecular flexibility index (Phi) is 6.99. The van der Waals surface area contributed by atoms with Gasteiger partial charge in [-0.1, -0.05) is 0 Å². The minimum atomic E-state index is 0. The summed E-state index contributed by atoms with van der Waals surface area (Å²) in [5.41, 5.74) is 0.717. The van der Waals surface area contributed by atoms with Crippen molar-refractivity contribution in [1.29, 1.82) is 0 Å². The first-order valence-electron chi connectivity index (χ1n) is 7.32. The van der Waals surface area contributed by atoms with Crippen LogP contribution >= 0.6 is 12.4 Å². The van der Waals surface area contributed by atoms with Crippen LogP contribution in [0.4, 0.5) is 0 Å². The van der Waals surface area contributed by atoms with Crippen LogP contribution in [0.1, 0.15) is 37.0 Å². The molecule has 1 aromatic rings. The number of rotatable bonds is 4. The lowest BCUT2D eigenvalue weighted by Crippen LogP contribution is -2.46. The van der Waals surface area contributed by atoms with Gasteiger partial charge in [0, 0.05) is 25.2 Å². The summed E-state index contributed by atoms with van der Waals surface area (Å²) in [7, 11) is 1.89. The average Bonchev–Trinajstić information content (AvgIpc) is 2.47. The first-order chi connectivity index (χ1) is 9.58. The lowest BCUT2D eigenvalue weighted by molar-refractivity contribution is 0.0708. The van der Waals surface area contributed by atoms with Gasteiger partial charge in [-0.15, -0.1) is 12.4 Å². The maximum atomic E-state index is 12.4. The van der Waals surface area contributed by atoms with Gasteiger partial charge in [-0.3, -0.25) is 4.79 Å². The molecule has 2 rings (SSSR count). The summed E-state index contributed by atoms with van der Waals surface area (Å²) in [4.78, 5) is 14.3. The van der Waals surface area contributed by atoms with Gasteiger partial charge in [-0.05, 0) is 57.5 Å². The van der Waals surface area contributed by atoms with E-state index in [9.17, 15) is 4.79 Å². The summed E-state index contributed by atoms with van der Waals surface area (Å²) >= 11 is 0. The smallest absolute Gasteiger partial charge is 0.253 e. The Morgan fingerprint density at radius 3 is 2.52 bits per heavy atom. The number of nitrogens with zero attached hydrogens (tertiary/aromatic N) is 1. The lowest BCUT2D eigenvalue weighted by Gasteiger charge is -2.31. The van der Waals surface area contributed by atoms with E-state index < -0.39 is 0 Å².